The molecule has 1 heterocycles. The van der Waals surface area contributed by atoms with E-state index in [1.807, 2.05) is 20.8 Å². The molecule has 0 aromatic carbocycles. The van der Waals surface area contributed by atoms with Gasteiger partial charge in [-0.05, 0) is 45.6 Å². The maximum absolute atomic E-state index is 12.0. The van der Waals surface area contributed by atoms with Crippen LogP contribution in [0.3, 0.4) is 0 Å². The van der Waals surface area contributed by atoms with Gasteiger partial charge in [-0.2, -0.15) is 0 Å². The first kappa shape index (κ1) is 12.8. The summed E-state index contributed by atoms with van der Waals surface area (Å²) in [5, 5.41) is 0. The van der Waals surface area contributed by atoms with Crippen molar-refractivity contribution in [2.75, 3.05) is 5.73 Å². The number of nitrogens with zero attached hydrogens (tertiary/aromatic N) is 2. The quantitative estimate of drug-likeness (QED) is 0.763. The Morgan fingerprint density at radius 2 is 2.22 bits per heavy atom. The minimum absolute atomic E-state index is 0.0936. The number of fused-ring (bicyclic) bond motifs is 1. The molecule has 98 valence electrons. The van der Waals surface area contributed by atoms with E-state index in [0.29, 0.717) is 12.4 Å². The Hall–Kier alpha value is -1.65. The molecule has 1 unspecified atom stereocenters. The molecule has 1 aliphatic carbocycles. The fraction of sp³-hybridized carbons (Fsp3) is 0.615. The zero-order valence-electron chi connectivity index (χ0n) is 11.1. The van der Waals surface area contributed by atoms with Gasteiger partial charge in [-0.1, -0.05) is 0 Å². The lowest BCUT2D eigenvalue weighted by atomic mass is 9.87. The van der Waals surface area contributed by atoms with E-state index >= 15 is 0 Å². The molecule has 0 aliphatic heterocycles. The molecule has 2 rings (SSSR count). The van der Waals surface area contributed by atoms with Crippen molar-refractivity contribution >= 4 is 11.9 Å². The van der Waals surface area contributed by atoms with Gasteiger partial charge in [-0.25, -0.2) is 9.97 Å². The molecule has 0 amide bonds. The van der Waals surface area contributed by atoms with Gasteiger partial charge in [0, 0.05) is 11.9 Å². The molecule has 5 nitrogen and oxygen atoms in total. The van der Waals surface area contributed by atoms with Crippen molar-refractivity contribution < 1.29 is 9.53 Å². The van der Waals surface area contributed by atoms with Crippen molar-refractivity contribution in [3.8, 4) is 0 Å². The van der Waals surface area contributed by atoms with E-state index in [1.165, 1.54) is 0 Å². The van der Waals surface area contributed by atoms with Crippen LogP contribution >= 0.6 is 0 Å². The number of aryl methyl sites for hydroxylation is 1. The van der Waals surface area contributed by atoms with Crippen LogP contribution in [0.2, 0.25) is 0 Å². The molecule has 0 saturated heterocycles. The SMILES string of the molecule is CC(C)(C)OC(=O)C1CCc2nc(N)ncc2C1. The molecule has 0 bridgehead atoms. The summed E-state index contributed by atoms with van der Waals surface area (Å²) in [6, 6.07) is 0. The second kappa shape index (κ2) is 4.55. The lowest BCUT2D eigenvalue weighted by Gasteiger charge is -2.26. The molecule has 1 aliphatic rings. The highest BCUT2D eigenvalue weighted by Crippen LogP contribution is 2.26. The Bertz CT molecular complexity index is 466. The number of aromatic nitrogens is 2. The Morgan fingerprint density at radius 1 is 1.50 bits per heavy atom. The van der Waals surface area contributed by atoms with Crippen LogP contribution in [0.5, 0.6) is 0 Å². The normalized spacial score (nSPS) is 19.2. The van der Waals surface area contributed by atoms with E-state index in [4.69, 9.17) is 10.5 Å². The zero-order chi connectivity index (χ0) is 13.3. The maximum atomic E-state index is 12.0. The highest BCUT2D eigenvalue weighted by molar-refractivity contribution is 5.73. The summed E-state index contributed by atoms with van der Waals surface area (Å²) in [6.07, 6.45) is 3.88. The van der Waals surface area contributed by atoms with Crippen LogP contribution in [0.4, 0.5) is 5.95 Å². The van der Waals surface area contributed by atoms with E-state index in [-0.39, 0.29) is 11.9 Å². The van der Waals surface area contributed by atoms with Gasteiger partial charge in [0.2, 0.25) is 5.95 Å². The van der Waals surface area contributed by atoms with Gasteiger partial charge in [-0.3, -0.25) is 4.79 Å². The first-order valence-electron chi connectivity index (χ1n) is 6.18. The van der Waals surface area contributed by atoms with Crippen LogP contribution in [0.15, 0.2) is 6.20 Å². The number of carbonyl (C=O) groups excluding carboxylic acids is 1. The lowest BCUT2D eigenvalue weighted by molar-refractivity contribution is -0.160. The number of esters is 1. The fourth-order valence-corrected chi connectivity index (χ4v) is 2.11. The second-order valence-corrected chi connectivity index (χ2v) is 5.67. The van der Waals surface area contributed by atoms with Gasteiger partial charge < -0.3 is 10.5 Å². The minimum atomic E-state index is -0.436. The van der Waals surface area contributed by atoms with Crippen LogP contribution < -0.4 is 5.73 Å². The van der Waals surface area contributed by atoms with Crippen molar-refractivity contribution in [2.24, 2.45) is 5.92 Å². The van der Waals surface area contributed by atoms with Crippen molar-refractivity contribution in [1.29, 1.82) is 0 Å². The highest BCUT2D eigenvalue weighted by atomic mass is 16.6. The van der Waals surface area contributed by atoms with Crippen molar-refractivity contribution in [2.45, 2.75) is 45.6 Å². The van der Waals surface area contributed by atoms with Crippen LogP contribution in [0.1, 0.15) is 38.4 Å². The largest absolute Gasteiger partial charge is 0.460 e. The van der Waals surface area contributed by atoms with E-state index < -0.39 is 5.60 Å². The minimum Gasteiger partial charge on any atom is -0.460 e. The lowest BCUT2D eigenvalue weighted by Crippen LogP contribution is -2.32. The predicted octanol–water partition coefficient (Wildman–Crippen LogP) is 1.51. The van der Waals surface area contributed by atoms with E-state index in [9.17, 15) is 4.79 Å². The maximum Gasteiger partial charge on any atom is 0.309 e. The molecule has 5 heteroatoms. The second-order valence-electron chi connectivity index (χ2n) is 5.67. The third kappa shape index (κ3) is 2.97. The smallest absolute Gasteiger partial charge is 0.309 e. The van der Waals surface area contributed by atoms with Gasteiger partial charge in [0.1, 0.15) is 5.60 Å². The van der Waals surface area contributed by atoms with Gasteiger partial charge in [0.25, 0.3) is 0 Å². The Balaban J connectivity index is 2.08. The number of rotatable bonds is 1. The third-order valence-corrected chi connectivity index (χ3v) is 2.91. The van der Waals surface area contributed by atoms with Crippen LogP contribution in [-0.4, -0.2) is 21.5 Å². The highest BCUT2D eigenvalue weighted by Gasteiger charge is 2.29. The number of nitrogen functional groups attached to an aromatic ring is 1. The predicted molar refractivity (Wildman–Crippen MR) is 67.8 cm³/mol. The number of ether oxygens (including phenoxy) is 1. The molecule has 1 aromatic rings. The number of hydrogen-bond acceptors (Lipinski definition) is 5. The third-order valence-electron chi connectivity index (χ3n) is 2.91. The van der Waals surface area contributed by atoms with Crippen LogP contribution in [0.25, 0.3) is 0 Å². The summed E-state index contributed by atoms with van der Waals surface area (Å²) >= 11 is 0. The average molecular weight is 249 g/mol. The van der Waals surface area contributed by atoms with Crippen LogP contribution in [-0.2, 0) is 22.4 Å². The number of anilines is 1. The van der Waals surface area contributed by atoms with Crippen molar-refractivity contribution in [3.63, 3.8) is 0 Å². The number of hydrogen-bond donors (Lipinski definition) is 1. The molecule has 2 N–H and O–H groups in total. The summed E-state index contributed by atoms with van der Waals surface area (Å²) in [5.74, 6) is 0.0680. The van der Waals surface area contributed by atoms with Gasteiger partial charge >= 0.3 is 5.97 Å². The van der Waals surface area contributed by atoms with E-state index in [0.717, 1.165) is 24.1 Å². The van der Waals surface area contributed by atoms with Gasteiger partial charge in [-0.15, -0.1) is 0 Å². The number of nitrogens with two attached hydrogens (primary N) is 1. The molecular weight excluding hydrogens is 230 g/mol. The molecule has 0 radical (unpaired) electrons. The summed E-state index contributed by atoms with van der Waals surface area (Å²) in [6.45, 7) is 5.64. The van der Waals surface area contributed by atoms with E-state index in [2.05, 4.69) is 9.97 Å². The average Bonchev–Trinajstić information content (AvgIpc) is 2.26. The van der Waals surface area contributed by atoms with Crippen LogP contribution in [0, 0.1) is 5.92 Å². The molecule has 18 heavy (non-hydrogen) atoms. The van der Waals surface area contributed by atoms with Gasteiger partial charge in [0.15, 0.2) is 0 Å². The monoisotopic (exact) mass is 249 g/mol. The Morgan fingerprint density at radius 3 is 2.89 bits per heavy atom. The molecule has 1 aromatic heterocycles. The number of carbonyl (C=O) groups is 1. The molecule has 1 atom stereocenters. The Kier molecular flexibility index (Phi) is 3.24. The first-order valence-corrected chi connectivity index (χ1v) is 6.18. The zero-order valence-corrected chi connectivity index (χ0v) is 11.1. The summed E-state index contributed by atoms with van der Waals surface area (Å²) in [4.78, 5) is 20.2. The summed E-state index contributed by atoms with van der Waals surface area (Å²) in [7, 11) is 0. The Labute approximate surface area is 107 Å². The fourth-order valence-electron chi connectivity index (χ4n) is 2.11. The molecule has 0 spiro atoms. The summed E-state index contributed by atoms with van der Waals surface area (Å²) < 4.78 is 5.41. The van der Waals surface area contributed by atoms with Gasteiger partial charge in [0.05, 0.1) is 5.92 Å². The summed E-state index contributed by atoms with van der Waals surface area (Å²) in [5.41, 5.74) is 7.08. The first-order chi connectivity index (χ1) is 8.35. The van der Waals surface area contributed by atoms with Crippen molar-refractivity contribution in [1.82, 2.24) is 9.97 Å². The molecule has 0 fully saturated rings. The standard InChI is InChI=1S/C13H19N3O2/c1-13(2,3)18-11(17)8-4-5-10-9(6-8)7-15-12(14)16-10/h7-8H,4-6H2,1-3H3,(H2,14,15,16). The molecule has 0 saturated carbocycles. The van der Waals surface area contributed by atoms with E-state index in [1.54, 1.807) is 6.20 Å². The van der Waals surface area contributed by atoms with Crippen molar-refractivity contribution in [3.05, 3.63) is 17.5 Å². The topological polar surface area (TPSA) is 78.1 Å². The molecular formula is C13H19N3O2.